The Balaban J connectivity index is 1.84. The third-order valence-corrected chi connectivity index (χ3v) is 2.88. The predicted octanol–water partition coefficient (Wildman–Crippen LogP) is 2.34. The first-order valence-electron chi connectivity index (χ1n) is 5.31. The fourth-order valence-corrected chi connectivity index (χ4v) is 1.65. The number of hydrogen-bond acceptors (Lipinski definition) is 2. The molecule has 2 rings (SSSR count). The van der Waals surface area contributed by atoms with Crippen molar-refractivity contribution in [2.45, 2.75) is 18.9 Å². The Morgan fingerprint density at radius 1 is 1.56 bits per heavy atom. The standard InChI is InChI=1S/C12H14ClNO2/c1-14(10-5-6-10)12(15)8-16-11-4-2-3-9(13)7-11/h2-4,7,10H,5-6,8H2,1H3. The van der Waals surface area contributed by atoms with E-state index in [-0.39, 0.29) is 12.5 Å². The number of nitrogens with zero attached hydrogens (tertiary/aromatic N) is 1. The van der Waals surface area contributed by atoms with Gasteiger partial charge < -0.3 is 9.64 Å². The van der Waals surface area contributed by atoms with Crippen molar-refractivity contribution in [3.05, 3.63) is 29.3 Å². The molecule has 0 aliphatic heterocycles. The Hall–Kier alpha value is -1.22. The predicted molar refractivity (Wildman–Crippen MR) is 62.7 cm³/mol. The minimum absolute atomic E-state index is 0.0162. The lowest BCUT2D eigenvalue weighted by molar-refractivity contribution is -0.132. The summed E-state index contributed by atoms with van der Waals surface area (Å²) in [7, 11) is 1.82. The summed E-state index contributed by atoms with van der Waals surface area (Å²) in [5, 5.41) is 0.612. The molecule has 1 fully saturated rings. The summed E-state index contributed by atoms with van der Waals surface area (Å²) in [4.78, 5) is 13.4. The molecule has 0 unspecified atom stereocenters. The summed E-state index contributed by atoms with van der Waals surface area (Å²) in [5.41, 5.74) is 0. The van der Waals surface area contributed by atoms with E-state index in [2.05, 4.69) is 0 Å². The first-order chi connectivity index (χ1) is 7.66. The van der Waals surface area contributed by atoms with E-state index in [1.165, 1.54) is 0 Å². The van der Waals surface area contributed by atoms with Crippen molar-refractivity contribution in [3.8, 4) is 5.75 Å². The zero-order valence-electron chi connectivity index (χ0n) is 9.15. The van der Waals surface area contributed by atoms with Crippen LogP contribution in [0, 0.1) is 0 Å². The molecule has 1 aliphatic carbocycles. The van der Waals surface area contributed by atoms with Crippen molar-refractivity contribution in [2.75, 3.05) is 13.7 Å². The van der Waals surface area contributed by atoms with Gasteiger partial charge in [0.1, 0.15) is 5.75 Å². The molecule has 0 bridgehead atoms. The van der Waals surface area contributed by atoms with E-state index < -0.39 is 0 Å². The molecule has 1 aliphatic rings. The third kappa shape index (κ3) is 2.89. The molecule has 86 valence electrons. The summed E-state index contributed by atoms with van der Waals surface area (Å²) in [6, 6.07) is 7.48. The van der Waals surface area contributed by atoms with Crippen molar-refractivity contribution in [1.82, 2.24) is 4.90 Å². The molecule has 1 aromatic rings. The Kier molecular flexibility index (Phi) is 3.34. The Morgan fingerprint density at radius 2 is 2.31 bits per heavy atom. The highest BCUT2D eigenvalue weighted by atomic mass is 35.5. The number of likely N-dealkylation sites (N-methyl/N-ethyl adjacent to an activating group) is 1. The van der Waals surface area contributed by atoms with Gasteiger partial charge in [-0.15, -0.1) is 0 Å². The molecule has 16 heavy (non-hydrogen) atoms. The van der Waals surface area contributed by atoms with Gasteiger partial charge in [-0.3, -0.25) is 4.79 Å². The molecule has 3 nitrogen and oxygen atoms in total. The molecular weight excluding hydrogens is 226 g/mol. The maximum absolute atomic E-state index is 11.7. The summed E-state index contributed by atoms with van der Waals surface area (Å²) in [5.74, 6) is 0.646. The first kappa shape index (κ1) is 11.3. The molecule has 1 saturated carbocycles. The fourth-order valence-electron chi connectivity index (χ4n) is 1.47. The molecule has 0 atom stereocenters. The van der Waals surface area contributed by atoms with Crippen LogP contribution in [0.25, 0.3) is 0 Å². The highest BCUT2D eigenvalue weighted by Crippen LogP contribution is 2.25. The van der Waals surface area contributed by atoms with Gasteiger partial charge in [0.2, 0.25) is 0 Å². The van der Waals surface area contributed by atoms with Gasteiger partial charge in [-0.25, -0.2) is 0 Å². The van der Waals surface area contributed by atoms with E-state index >= 15 is 0 Å². The Morgan fingerprint density at radius 3 is 2.94 bits per heavy atom. The van der Waals surface area contributed by atoms with Crippen LogP contribution in [-0.2, 0) is 4.79 Å². The van der Waals surface area contributed by atoms with Crippen LogP contribution >= 0.6 is 11.6 Å². The zero-order chi connectivity index (χ0) is 11.5. The molecule has 0 saturated heterocycles. The lowest BCUT2D eigenvalue weighted by Crippen LogP contribution is -2.33. The van der Waals surface area contributed by atoms with E-state index in [1.54, 1.807) is 29.2 Å². The Labute approximate surface area is 100.0 Å². The SMILES string of the molecule is CN(C(=O)COc1cccc(Cl)c1)C1CC1. The van der Waals surface area contributed by atoms with Crippen LogP contribution < -0.4 is 4.74 Å². The second kappa shape index (κ2) is 4.74. The number of amides is 1. The van der Waals surface area contributed by atoms with Crippen LogP contribution in [0.4, 0.5) is 0 Å². The smallest absolute Gasteiger partial charge is 0.260 e. The number of ether oxygens (including phenoxy) is 1. The van der Waals surface area contributed by atoms with Crippen molar-refractivity contribution in [1.29, 1.82) is 0 Å². The van der Waals surface area contributed by atoms with E-state index in [0.717, 1.165) is 12.8 Å². The molecule has 0 heterocycles. The molecule has 1 amide bonds. The fraction of sp³-hybridized carbons (Fsp3) is 0.417. The van der Waals surface area contributed by atoms with Crippen molar-refractivity contribution >= 4 is 17.5 Å². The van der Waals surface area contributed by atoms with E-state index in [9.17, 15) is 4.79 Å². The highest BCUT2D eigenvalue weighted by molar-refractivity contribution is 6.30. The van der Waals surface area contributed by atoms with E-state index in [1.807, 2.05) is 7.05 Å². The number of benzene rings is 1. The topological polar surface area (TPSA) is 29.5 Å². The largest absolute Gasteiger partial charge is 0.484 e. The quantitative estimate of drug-likeness (QED) is 0.807. The molecular formula is C12H14ClNO2. The maximum atomic E-state index is 11.7. The summed E-state index contributed by atoms with van der Waals surface area (Å²) < 4.78 is 5.37. The second-order valence-corrected chi connectivity index (χ2v) is 4.42. The molecule has 0 radical (unpaired) electrons. The van der Waals surface area contributed by atoms with Gasteiger partial charge in [0.25, 0.3) is 5.91 Å². The lowest BCUT2D eigenvalue weighted by Gasteiger charge is -2.16. The first-order valence-corrected chi connectivity index (χ1v) is 5.68. The number of hydrogen-bond donors (Lipinski definition) is 0. The van der Waals surface area contributed by atoms with Crippen LogP contribution in [-0.4, -0.2) is 30.5 Å². The van der Waals surface area contributed by atoms with Gasteiger partial charge >= 0.3 is 0 Å². The zero-order valence-corrected chi connectivity index (χ0v) is 9.91. The number of carbonyl (C=O) groups excluding carboxylic acids is 1. The Bertz CT molecular complexity index is 390. The molecule has 4 heteroatoms. The van der Waals surface area contributed by atoms with Gasteiger partial charge in [0.05, 0.1) is 0 Å². The molecule has 0 spiro atoms. The molecule has 0 N–H and O–H groups in total. The van der Waals surface area contributed by atoms with Gasteiger partial charge in [-0.05, 0) is 31.0 Å². The average molecular weight is 240 g/mol. The second-order valence-electron chi connectivity index (χ2n) is 3.98. The highest BCUT2D eigenvalue weighted by Gasteiger charge is 2.29. The minimum Gasteiger partial charge on any atom is -0.484 e. The van der Waals surface area contributed by atoms with Crippen molar-refractivity contribution < 1.29 is 9.53 Å². The maximum Gasteiger partial charge on any atom is 0.260 e. The molecule has 0 aromatic heterocycles. The van der Waals surface area contributed by atoms with E-state index in [4.69, 9.17) is 16.3 Å². The van der Waals surface area contributed by atoms with Crippen LogP contribution in [0.2, 0.25) is 5.02 Å². The van der Waals surface area contributed by atoms with E-state index in [0.29, 0.717) is 16.8 Å². The number of rotatable bonds is 4. The monoisotopic (exact) mass is 239 g/mol. The lowest BCUT2D eigenvalue weighted by atomic mass is 10.3. The average Bonchev–Trinajstić information content (AvgIpc) is 3.09. The number of halogens is 1. The van der Waals surface area contributed by atoms with Gasteiger partial charge in [0, 0.05) is 18.1 Å². The van der Waals surface area contributed by atoms with Gasteiger partial charge in [-0.1, -0.05) is 17.7 Å². The van der Waals surface area contributed by atoms with Crippen molar-refractivity contribution in [2.24, 2.45) is 0 Å². The van der Waals surface area contributed by atoms with Gasteiger partial charge in [0.15, 0.2) is 6.61 Å². The summed E-state index contributed by atoms with van der Waals surface area (Å²) in [6.07, 6.45) is 2.22. The summed E-state index contributed by atoms with van der Waals surface area (Å²) in [6.45, 7) is 0.0767. The normalized spacial score (nSPS) is 14.6. The third-order valence-electron chi connectivity index (χ3n) is 2.65. The number of carbonyl (C=O) groups is 1. The summed E-state index contributed by atoms with van der Waals surface area (Å²) >= 11 is 5.81. The molecule has 1 aromatic carbocycles. The minimum atomic E-state index is 0.0162. The van der Waals surface area contributed by atoms with Gasteiger partial charge in [-0.2, -0.15) is 0 Å². The van der Waals surface area contributed by atoms with Crippen LogP contribution in [0.15, 0.2) is 24.3 Å². The van der Waals surface area contributed by atoms with Crippen molar-refractivity contribution in [3.63, 3.8) is 0 Å². The van der Waals surface area contributed by atoms with Crippen LogP contribution in [0.3, 0.4) is 0 Å². The van der Waals surface area contributed by atoms with Crippen LogP contribution in [0.1, 0.15) is 12.8 Å². The van der Waals surface area contributed by atoms with Crippen LogP contribution in [0.5, 0.6) is 5.75 Å².